The number of hydrogen-bond donors (Lipinski definition) is 0. The SMILES string of the molecule is O=CCC1(Cc2nc3cc(F)ccc3n2Cc2ccc(Cl)cc2)CC1. The van der Waals surface area contributed by atoms with E-state index in [0.29, 0.717) is 23.5 Å². The molecule has 3 aromatic rings. The normalized spacial score (nSPS) is 15.4. The summed E-state index contributed by atoms with van der Waals surface area (Å²) in [5.74, 6) is 0.624. The fourth-order valence-corrected chi connectivity index (χ4v) is 3.50. The number of halogens is 2. The Labute approximate surface area is 150 Å². The second-order valence-corrected chi connectivity index (χ2v) is 7.36. The van der Waals surface area contributed by atoms with E-state index in [1.54, 1.807) is 6.07 Å². The lowest BCUT2D eigenvalue weighted by atomic mass is 9.98. The van der Waals surface area contributed by atoms with Gasteiger partial charge in [-0.05, 0) is 48.1 Å². The average Bonchev–Trinajstić information content (AvgIpc) is 3.26. The quantitative estimate of drug-likeness (QED) is 0.595. The van der Waals surface area contributed by atoms with E-state index >= 15 is 0 Å². The van der Waals surface area contributed by atoms with Crippen molar-refractivity contribution in [3.8, 4) is 0 Å². The molecule has 128 valence electrons. The van der Waals surface area contributed by atoms with Crippen molar-refractivity contribution in [1.29, 1.82) is 0 Å². The molecular formula is C20H18ClFN2O. The Balaban J connectivity index is 1.75. The van der Waals surface area contributed by atoms with Crippen LogP contribution in [0.1, 0.15) is 30.7 Å². The zero-order valence-corrected chi connectivity index (χ0v) is 14.5. The first-order chi connectivity index (χ1) is 12.1. The van der Waals surface area contributed by atoms with Crippen LogP contribution in [0, 0.1) is 11.2 Å². The van der Waals surface area contributed by atoms with Gasteiger partial charge in [-0.15, -0.1) is 0 Å². The highest BCUT2D eigenvalue weighted by molar-refractivity contribution is 6.30. The first-order valence-electron chi connectivity index (χ1n) is 8.41. The van der Waals surface area contributed by atoms with Gasteiger partial charge in [0.15, 0.2) is 0 Å². The molecule has 5 heteroatoms. The van der Waals surface area contributed by atoms with Crippen LogP contribution < -0.4 is 0 Å². The minimum Gasteiger partial charge on any atom is -0.323 e. The number of benzene rings is 2. The molecule has 2 aromatic carbocycles. The lowest BCUT2D eigenvalue weighted by molar-refractivity contribution is -0.108. The third-order valence-electron chi connectivity index (χ3n) is 5.05. The largest absolute Gasteiger partial charge is 0.323 e. The van der Waals surface area contributed by atoms with Crippen LogP contribution >= 0.6 is 11.6 Å². The van der Waals surface area contributed by atoms with Crippen molar-refractivity contribution in [3.63, 3.8) is 0 Å². The highest BCUT2D eigenvalue weighted by Crippen LogP contribution is 2.50. The molecule has 0 bridgehead atoms. The Bertz CT molecular complexity index is 929. The summed E-state index contributed by atoms with van der Waals surface area (Å²) >= 11 is 5.97. The molecule has 1 saturated carbocycles. The summed E-state index contributed by atoms with van der Waals surface area (Å²) in [6.45, 7) is 0.645. The lowest BCUT2D eigenvalue weighted by Crippen LogP contribution is -2.12. The molecule has 0 amide bonds. The van der Waals surface area contributed by atoms with Crippen LogP contribution in [0.3, 0.4) is 0 Å². The van der Waals surface area contributed by atoms with Crippen molar-refractivity contribution in [2.45, 2.75) is 32.2 Å². The van der Waals surface area contributed by atoms with Gasteiger partial charge in [0, 0.05) is 30.5 Å². The maximum absolute atomic E-state index is 13.6. The number of imidazole rings is 1. The standard InChI is InChI=1S/C20H18ClFN2O/c21-15-3-1-14(2-4-15)13-24-18-6-5-16(22)11-17(18)23-19(24)12-20(7-8-20)9-10-25/h1-6,10-11H,7-9,12-13H2. The van der Waals surface area contributed by atoms with E-state index in [1.165, 1.54) is 12.1 Å². The third kappa shape index (κ3) is 3.31. The van der Waals surface area contributed by atoms with Gasteiger partial charge in [0.1, 0.15) is 17.9 Å². The Hall–Kier alpha value is -2.20. The summed E-state index contributed by atoms with van der Waals surface area (Å²) in [7, 11) is 0. The Morgan fingerprint density at radius 3 is 2.64 bits per heavy atom. The summed E-state index contributed by atoms with van der Waals surface area (Å²) < 4.78 is 15.7. The molecule has 1 heterocycles. The van der Waals surface area contributed by atoms with E-state index in [2.05, 4.69) is 9.55 Å². The number of carbonyl (C=O) groups is 1. The number of carbonyl (C=O) groups excluding carboxylic acids is 1. The van der Waals surface area contributed by atoms with Crippen LogP contribution in [-0.2, 0) is 17.8 Å². The fraction of sp³-hybridized carbons (Fsp3) is 0.300. The second kappa shape index (κ2) is 6.26. The van der Waals surface area contributed by atoms with Crippen molar-refractivity contribution >= 4 is 28.9 Å². The predicted molar refractivity (Wildman–Crippen MR) is 96.3 cm³/mol. The van der Waals surface area contributed by atoms with E-state index in [1.807, 2.05) is 24.3 Å². The number of aldehydes is 1. The first-order valence-corrected chi connectivity index (χ1v) is 8.79. The van der Waals surface area contributed by atoms with Crippen LogP contribution in [0.5, 0.6) is 0 Å². The zero-order valence-electron chi connectivity index (χ0n) is 13.7. The molecule has 0 saturated heterocycles. The van der Waals surface area contributed by atoms with E-state index < -0.39 is 0 Å². The number of nitrogens with zero attached hydrogens (tertiary/aromatic N) is 2. The van der Waals surface area contributed by atoms with E-state index in [-0.39, 0.29) is 11.2 Å². The Kier molecular flexibility index (Phi) is 4.08. The first kappa shape index (κ1) is 16.3. The maximum atomic E-state index is 13.6. The summed E-state index contributed by atoms with van der Waals surface area (Å²) in [6, 6.07) is 12.4. The number of rotatable bonds is 6. The predicted octanol–water partition coefficient (Wildman–Crippen LogP) is 4.79. The molecule has 1 aliphatic carbocycles. The van der Waals surface area contributed by atoms with Gasteiger partial charge >= 0.3 is 0 Å². The van der Waals surface area contributed by atoms with Crippen LogP contribution in [0.2, 0.25) is 5.02 Å². The van der Waals surface area contributed by atoms with Gasteiger partial charge in [-0.1, -0.05) is 23.7 Å². The zero-order chi connectivity index (χ0) is 17.4. The van der Waals surface area contributed by atoms with E-state index in [4.69, 9.17) is 11.6 Å². The van der Waals surface area contributed by atoms with Crippen molar-refractivity contribution in [2.75, 3.05) is 0 Å². The molecule has 4 rings (SSSR count). The van der Waals surface area contributed by atoms with Gasteiger partial charge in [-0.2, -0.15) is 0 Å². The van der Waals surface area contributed by atoms with Crippen LogP contribution in [0.25, 0.3) is 11.0 Å². The minimum absolute atomic E-state index is 0.0411. The van der Waals surface area contributed by atoms with Crippen molar-refractivity contribution < 1.29 is 9.18 Å². The summed E-state index contributed by atoms with van der Waals surface area (Å²) in [5.41, 5.74) is 2.72. The maximum Gasteiger partial charge on any atom is 0.125 e. The molecule has 0 atom stereocenters. The molecule has 3 nitrogen and oxygen atoms in total. The summed E-state index contributed by atoms with van der Waals surface area (Å²) in [6.07, 6.45) is 4.40. The highest BCUT2D eigenvalue weighted by Gasteiger charge is 2.43. The summed E-state index contributed by atoms with van der Waals surface area (Å²) in [4.78, 5) is 15.7. The van der Waals surface area contributed by atoms with Gasteiger partial charge in [0.25, 0.3) is 0 Å². The van der Waals surface area contributed by atoms with Gasteiger partial charge < -0.3 is 9.36 Å². The van der Waals surface area contributed by atoms with E-state index in [0.717, 1.165) is 42.5 Å². The Morgan fingerprint density at radius 2 is 1.96 bits per heavy atom. The van der Waals surface area contributed by atoms with Gasteiger partial charge in [0.2, 0.25) is 0 Å². The van der Waals surface area contributed by atoms with E-state index in [9.17, 15) is 9.18 Å². The lowest BCUT2D eigenvalue weighted by Gasteiger charge is -2.14. The molecule has 0 radical (unpaired) electrons. The second-order valence-electron chi connectivity index (χ2n) is 6.92. The Morgan fingerprint density at radius 1 is 1.20 bits per heavy atom. The molecule has 1 fully saturated rings. The van der Waals surface area contributed by atoms with Gasteiger partial charge in [-0.3, -0.25) is 0 Å². The minimum atomic E-state index is -0.288. The molecule has 0 spiro atoms. The average molecular weight is 357 g/mol. The number of aromatic nitrogens is 2. The van der Waals surface area contributed by atoms with Crippen LogP contribution in [0.15, 0.2) is 42.5 Å². The highest BCUT2D eigenvalue weighted by atomic mass is 35.5. The molecule has 0 unspecified atom stereocenters. The molecule has 1 aliphatic rings. The smallest absolute Gasteiger partial charge is 0.125 e. The molecule has 1 aromatic heterocycles. The topological polar surface area (TPSA) is 34.9 Å². The van der Waals surface area contributed by atoms with Crippen molar-refractivity contribution in [3.05, 3.63) is 64.7 Å². The molecular weight excluding hydrogens is 339 g/mol. The van der Waals surface area contributed by atoms with Crippen LogP contribution in [-0.4, -0.2) is 15.8 Å². The van der Waals surface area contributed by atoms with Gasteiger partial charge in [0.05, 0.1) is 11.0 Å². The molecule has 0 N–H and O–H groups in total. The summed E-state index contributed by atoms with van der Waals surface area (Å²) in [5, 5.41) is 0.699. The van der Waals surface area contributed by atoms with Crippen molar-refractivity contribution in [1.82, 2.24) is 9.55 Å². The van der Waals surface area contributed by atoms with Crippen molar-refractivity contribution in [2.24, 2.45) is 5.41 Å². The third-order valence-corrected chi connectivity index (χ3v) is 5.30. The number of fused-ring (bicyclic) bond motifs is 1. The number of hydrogen-bond acceptors (Lipinski definition) is 2. The van der Waals surface area contributed by atoms with Gasteiger partial charge in [-0.25, -0.2) is 9.37 Å². The molecule has 0 aliphatic heterocycles. The monoisotopic (exact) mass is 356 g/mol. The fourth-order valence-electron chi connectivity index (χ4n) is 3.38. The van der Waals surface area contributed by atoms with Crippen LogP contribution in [0.4, 0.5) is 4.39 Å². The molecule has 25 heavy (non-hydrogen) atoms.